The third kappa shape index (κ3) is 1.77. The first kappa shape index (κ1) is 7.72. The first-order valence-electron chi connectivity index (χ1n) is 3.11. The standard InChI is InChI=1S/C8H8FN2/c1-6-3-2-4-7(5-6)8(10)11-9/h2-5H,1H2,(H2,10,11). The number of rotatable bonds is 1. The Morgan fingerprint density at radius 2 is 2.27 bits per heavy atom. The summed E-state index contributed by atoms with van der Waals surface area (Å²) < 4.78 is 11.7. The van der Waals surface area contributed by atoms with Crippen LogP contribution >= 0.6 is 0 Å². The first-order valence-corrected chi connectivity index (χ1v) is 3.11. The second kappa shape index (κ2) is 3.14. The maximum atomic E-state index is 11.7. The molecule has 0 heterocycles. The molecule has 0 atom stereocenters. The zero-order chi connectivity index (χ0) is 8.27. The van der Waals surface area contributed by atoms with Crippen LogP contribution in [0.15, 0.2) is 24.3 Å². The average molecular weight is 151 g/mol. The molecule has 1 aromatic rings. The molecule has 57 valence electrons. The predicted molar refractivity (Wildman–Crippen MR) is 42.0 cm³/mol. The largest absolute Gasteiger partial charge is 0.282 e. The topological polar surface area (TPSA) is 35.9 Å². The zero-order valence-electron chi connectivity index (χ0n) is 5.89. The van der Waals surface area contributed by atoms with Crippen LogP contribution in [0, 0.1) is 12.3 Å². The summed E-state index contributed by atoms with van der Waals surface area (Å²) in [5.74, 6) is -0.240. The van der Waals surface area contributed by atoms with Gasteiger partial charge in [-0.1, -0.05) is 18.2 Å². The normalized spacial score (nSPS) is 9.27. The molecule has 0 aliphatic heterocycles. The highest BCUT2D eigenvalue weighted by molar-refractivity contribution is 5.95. The van der Waals surface area contributed by atoms with Crippen molar-refractivity contribution in [3.8, 4) is 0 Å². The van der Waals surface area contributed by atoms with Crippen molar-refractivity contribution in [1.29, 1.82) is 5.41 Å². The number of hydrogen-bond acceptors (Lipinski definition) is 1. The van der Waals surface area contributed by atoms with Crippen molar-refractivity contribution >= 4 is 5.84 Å². The Balaban J connectivity index is 2.96. The molecule has 2 N–H and O–H groups in total. The third-order valence-electron chi connectivity index (χ3n) is 1.31. The van der Waals surface area contributed by atoms with Crippen molar-refractivity contribution in [2.24, 2.45) is 0 Å². The van der Waals surface area contributed by atoms with Gasteiger partial charge >= 0.3 is 0 Å². The smallest absolute Gasteiger partial charge is 0.154 e. The molecule has 0 aliphatic carbocycles. The van der Waals surface area contributed by atoms with Crippen molar-refractivity contribution in [3.05, 3.63) is 42.3 Å². The van der Waals surface area contributed by atoms with E-state index in [9.17, 15) is 4.48 Å². The number of halogens is 1. The van der Waals surface area contributed by atoms with Gasteiger partial charge in [0, 0.05) is 5.56 Å². The molecule has 1 aromatic carbocycles. The fourth-order valence-corrected chi connectivity index (χ4v) is 0.781. The highest BCUT2D eigenvalue weighted by Crippen LogP contribution is 2.02. The Morgan fingerprint density at radius 3 is 2.82 bits per heavy atom. The number of nitrogens with one attached hydrogen (secondary N) is 2. The van der Waals surface area contributed by atoms with Gasteiger partial charge in [-0.3, -0.25) is 5.41 Å². The van der Waals surface area contributed by atoms with Gasteiger partial charge in [0.1, 0.15) is 0 Å². The lowest BCUT2D eigenvalue weighted by atomic mass is 10.1. The molecule has 11 heavy (non-hydrogen) atoms. The summed E-state index contributed by atoms with van der Waals surface area (Å²) in [6.45, 7) is 3.65. The van der Waals surface area contributed by atoms with Gasteiger partial charge in [0.25, 0.3) is 0 Å². The summed E-state index contributed by atoms with van der Waals surface area (Å²) in [6, 6.07) is 6.79. The van der Waals surface area contributed by atoms with Gasteiger partial charge in [-0.2, -0.15) is 0 Å². The first-order chi connectivity index (χ1) is 5.24. The van der Waals surface area contributed by atoms with E-state index in [0.29, 0.717) is 5.56 Å². The van der Waals surface area contributed by atoms with Crippen molar-refractivity contribution < 1.29 is 4.48 Å². The van der Waals surface area contributed by atoms with Gasteiger partial charge in [0.05, 0.1) is 0 Å². The lowest BCUT2D eigenvalue weighted by molar-refractivity contribution is 0.432. The summed E-state index contributed by atoms with van der Waals surface area (Å²) in [5.41, 5.74) is 2.53. The maximum absolute atomic E-state index is 11.7. The van der Waals surface area contributed by atoms with Gasteiger partial charge in [0.15, 0.2) is 5.84 Å². The summed E-state index contributed by atoms with van der Waals surface area (Å²) in [7, 11) is 0. The van der Waals surface area contributed by atoms with E-state index in [1.54, 1.807) is 24.3 Å². The van der Waals surface area contributed by atoms with Gasteiger partial charge < -0.3 is 0 Å². The molecule has 0 spiro atoms. The second-order valence-electron chi connectivity index (χ2n) is 2.17. The highest BCUT2D eigenvalue weighted by Gasteiger charge is 1.98. The van der Waals surface area contributed by atoms with E-state index in [0.717, 1.165) is 5.56 Å². The zero-order valence-corrected chi connectivity index (χ0v) is 5.89. The predicted octanol–water partition coefficient (Wildman–Crippen LogP) is 1.67. The molecule has 0 unspecified atom stereocenters. The van der Waals surface area contributed by atoms with E-state index in [-0.39, 0.29) is 5.84 Å². The molecule has 2 nitrogen and oxygen atoms in total. The third-order valence-corrected chi connectivity index (χ3v) is 1.31. The van der Waals surface area contributed by atoms with Gasteiger partial charge in [-0.25, -0.2) is 5.54 Å². The molecule has 1 rings (SSSR count). The van der Waals surface area contributed by atoms with E-state index < -0.39 is 0 Å². The molecule has 0 amide bonds. The minimum absolute atomic E-state index is 0.240. The number of amidine groups is 1. The van der Waals surface area contributed by atoms with Crippen molar-refractivity contribution in [3.63, 3.8) is 0 Å². The SMILES string of the molecule is [CH2]c1cccc(C(=N)NF)c1. The Hall–Kier alpha value is -1.38. The minimum atomic E-state index is -0.240. The van der Waals surface area contributed by atoms with Crippen molar-refractivity contribution in [2.45, 2.75) is 0 Å². The van der Waals surface area contributed by atoms with E-state index >= 15 is 0 Å². The number of benzene rings is 1. The van der Waals surface area contributed by atoms with Crippen molar-refractivity contribution in [1.82, 2.24) is 5.54 Å². The molecule has 0 aromatic heterocycles. The molecule has 3 heteroatoms. The van der Waals surface area contributed by atoms with Crippen LogP contribution in [0.2, 0.25) is 0 Å². The Bertz CT molecular complexity index is 271. The van der Waals surface area contributed by atoms with Crippen LogP contribution in [0.1, 0.15) is 11.1 Å². The van der Waals surface area contributed by atoms with Gasteiger partial charge in [-0.05, 0) is 18.6 Å². The van der Waals surface area contributed by atoms with Crippen LogP contribution in [-0.4, -0.2) is 5.84 Å². The molecule has 1 radical (unpaired) electrons. The van der Waals surface area contributed by atoms with E-state index in [2.05, 4.69) is 6.92 Å². The molecule has 0 saturated heterocycles. The van der Waals surface area contributed by atoms with Crippen LogP contribution in [-0.2, 0) is 0 Å². The minimum Gasteiger partial charge on any atom is -0.282 e. The fraction of sp³-hybridized carbons (Fsp3) is 0. The van der Waals surface area contributed by atoms with Crippen LogP contribution in [0.3, 0.4) is 0 Å². The van der Waals surface area contributed by atoms with Crippen LogP contribution in [0.25, 0.3) is 0 Å². The van der Waals surface area contributed by atoms with Crippen molar-refractivity contribution in [2.75, 3.05) is 0 Å². The number of hydrogen-bond donors (Lipinski definition) is 2. The molecular weight excluding hydrogens is 143 g/mol. The Labute approximate surface area is 64.5 Å². The quantitative estimate of drug-likeness (QED) is 0.357. The summed E-state index contributed by atoms with van der Waals surface area (Å²) >= 11 is 0. The van der Waals surface area contributed by atoms with E-state index in [1.165, 1.54) is 5.54 Å². The highest BCUT2D eigenvalue weighted by atomic mass is 19.2. The summed E-state index contributed by atoms with van der Waals surface area (Å²) in [4.78, 5) is 0. The maximum Gasteiger partial charge on any atom is 0.154 e. The average Bonchev–Trinajstić information content (AvgIpc) is 2.03. The van der Waals surface area contributed by atoms with E-state index in [4.69, 9.17) is 5.41 Å². The molecular formula is C8H8FN2. The lowest BCUT2D eigenvalue weighted by Crippen LogP contribution is -2.13. The van der Waals surface area contributed by atoms with Crippen LogP contribution in [0.5, 0.6) is 0 Å². The van der Waals surface area contributed by atoms with Crippen LogP contribution < -0.4 is 5.54 Å². The Morgan fingerprint density at radius 1 is 1.55 bits per heavy atom. The molecule has 0 aliphatic rings. The second-order valence-corrected chi connectivity index (χ2v) is 2.17. The van der Waals surface area contributed by atoms with E-state index in [1.807, 2.05) is 0 Å². The van der Waals surface area contributed by atoms with Gasteiger partial charge in [0.2, 0.25) is 0 Å². The fourth-order valence-electron chi connectivity index (χ4n) is 0.781. The van der Waals surface area contributed by atoms with Crippen LogP contribution in [0.4, 0.5) is 4.48 Å². The molecule has 0 fully saturated rings. The monoisotopic (exact) mass is 151 g/mol. The molecule has 0 saturated carbocycles. The van der Waals surface area contributed by atoms with Gasteiger partial charge in [-0.15, -0.1) is 4.48 Å². The summed E-state index contributed by atoms with van der Waals surface area (Å²) in [6.07, 6.45) is 0. The molecule has 0 bridgehead atoms. The lowest BCUT2D eigenvalue weighted by Gasteiger charge is -1.99. The Kier molecular flexibility index (Phi) is 2.21. The summed E-state index contributed by atoms with van der Waals surface area (Å²) in [5, 5.41) is 7.06.